The molecule has 2 aliphatic rings. The van der Waals surface area contributed by atoms with Gasteiger partial charge in [-0.05, 0) is 122 Å². The van der Waals surface area contributed by atoms with Gasteiger partial charge in [-0.25, -0.2) is 37.5 Å². The van der Waals surface area contributed by atoms with E-state index in [2.05, 4.69) is 42.9 Å². The number of carboxylic acids is 2. The Bertz CT molecular complexity index is 4360. The number of Topliss-reactive ketones (excluding diaryl/α,β-unsaturated/α-hetero) is 1. The summed E-state index contributed by atoms with van der Waals surface area (Å²) >= 11 is 9.27. The number of rotatable bonds is 17. The summed E-state index contributed by atoms with van der Waals surface area (Å²) in [5.41, 5.74) is 2.89. The quantitative estimate of drug-likeness (QED) is 0.0809. The van der Waals surface area contributed by atoms with E-state index in [1.54, 1.807) is 42.6 Å². The van der Waals surface area contributed by atoms with Crippen molar-refractivity contribution in [3.8, 4) is 0 Å². The minimum atomic E-state index is -1.25. The predicted molar refractivity (Wildman–Crippen MR) is 336 cm³/mol. The molecule has 5 aromatic carbocycles. The fourth-order valence-corrected chi connectivity index (χ4v) is 11.9. The van der Waals surface area contributed by atoms with Crippen molar-refractivity contribution in [2.24, 2.45) is 5.92 Å². The van der Waals surface area contributed by atoms with Gasteiger partial charge in [-0.3, -0.25) is 37.9 Å². The van der Waals surface area contributed by atoms with Crippen molar-refractivity contribution < 1.29 is 38.2 Å². The largest absolute Gasteiger partial charge is 0.480 e. The van der Waals surface area contributed by atoms with E-state index in [4.69, 9.17) is 21.8 Å². The number of hydrogen-bond donors (Lipinski definition) is 2. The van der Waals surface area contributed by atoms with Gasteiger partial charge in [0, 0.05) is 54.0 Å². The summed E-state index contributed by atoms with van der Waals surface area (Å²) < 4.78 is 34.2. The summed E-state index contributed by atoms with van der Waals surface area (Å²) in [6, 6.07) is 43.3. The van der Waals surface area contributed by atoms with Crippen molar-refractivity contribution in [2.45, 2.75) is 83.6 Å². The molecule has 0 saturated heterocycles. The summed E-state index contributed by atoms with van der Waals surface area (Å²) in [6.07, 6.45) is 9.52. The normalized spacial score (nSPS) is 14.6. The molecule has 0 bridgehead atoms. The van der Waals surface area contributed by atoms with Gasteiger partial charge < -0.3 is 24.4 Å². The summed E-state index contributed by atoms with van der Waals surface area (Å²) in [6.45, 7) is 0.383. The monoisotopic (exact) mass is 1290 g/mol. The summed E-state index contributed by atoms with van der Waals surface area (Å²) in [7, 11) is 0. The number of aryl methyl sites for hydroxylation is 4. The number of hydrogen-bond acceptors (Lipinski definition) is 11. The summed E-state index contributed by atoms with van der Waals surface area (Å²) in [4.78, 5) is 111. The number of carbonyl (C=O) groups is 4. The van der Waals surface area contributed by atoms with Gasteiger partial charge in [-0.2, -0.15) is 0 Å². The number of imidazole rings is 1. The van der Waals surface area contributed by atoms with Crippen LogP contribution in [0.3, 0.4) is 0 Å². The maximum atomic E-state index is 14.1. The lowest BCUT2D eigenvalue weighted by atomic mass is 9.82. The predicted octanol–water partition coefficient (Wildman–Crippen LogP) is 9.70. The second-order valence-electron chi connectivity index (χ2n) is 21.7. The lowest BCUT2D eigenvalue weighted by Gasteiger charge is -2.43. The van der Waals surface area contributed by atoms with Crippen molar-refractivity contribution >= 4 is 84.4 Å². The molecular weight excluding hydrogens is 1230 g/mol. The van der Waals surface area contributed by atoms with Gasteiger partial charge in [0.15, 0.2) is 5.78 Å². The fourth-order valence-electron chi connectivity index (χ4n) is 11.3. The minimum absolute atomic E-state index is 0.0117. The van der Waals surface area contributed by atoms with E-state index < -0.39 is 53.3 Å². The Labute approximate surface area is 520 Å². The van der Waals surface area contributed by atoms with Gasteiger partial charge in [-0.1, -0.05) is 119 Å². The van der Waals surface area contributed by atoms with Crippen molar-refractivity contribution in [3.05, 3.63) is 255 Å². The van der Waals surface area contributed by atoms with Crippen LogP contribution in [0.1, 0.15) is 69.6 Å². The molecule has 1 saturated carbocycles. The van der Waals surface area contributed by atoms with E-state index in [9.17, 15) is 47.1 Å². The Morgan fingerprint density at radius 2 is 1.12 bits per heavy atom. The number of anilines is 1. The standard InChI is InChI=1S/C30H29F2N5O2.C18H15BrN2O4.C18H15ClN2O4/c31-22-8-11-28-34-26(18-36(28)17-22)27(38)14-21-6-9-24(10-7-21)37-19-35(13-12-20-4-2-1-3-5-20)29-25(30(37)39)15-23(32)16-33-29;2*19-13-6-7-15-14(10-13)17(24)21(11-16(22)23)18(25)20(15)9-8-12-4-2-1-3-5-12/h1-5,8,11,15-18,21,24H,6-7,9-10,12-14,19H2;2*1-7,10H,8-9,11H2,(H,22,23). The molecule has 1 aliphatic heterocycles. The molecule has 23 heteroatoms. The van der Waals surface area contributed by atoms with Crippen LogP contribution in [-0.4, -0.2) is 90.6 Å². The maximum absolute atomic E-state index is 14.1. The number of nitrogens with zero attached hydrogens (tertiary/aromatic N) is 9. The molecule has 89 heavy (non-hydrogen) atoms. The molecule has 5 aromatic heterocycles. The SMILES string of the molecule is O=C(CC1CCC(N2CN(CCc3ccccc3)c3ncc(F)cc3C2=O)CC1)c1cn2cc(F)ccc2n1.O=C(O)Cn1c(=O)c2cc(Br)ccc2n(CCc2ccccc2)c1=O.O=C(O)Cn1c(=O)c2cc(Cl)ccc2n(CCc2ccccc2)c1=O. The van der Waals surface area contributed by atoms with Gasteiger partial charge in [0.2, 0.25) is 0 Å². The van der Waals surface area contributed by atoms with Crippen LogP contribution < -0.4 is 27.4 Å². The first-order chi connectivity index (χ1) is 42.9. The number of carbonyl (C=O) groups excluding carboxylic acids is 2. The highest BCUT2D eigenvalue weighted by atomic mass is 79.9. The van der Waals surface area contributed by atoms with E-state index in [1.807, 2.05) is 83.8 Å². The molecule has 0 spiro atoms. The number of aliphatic carboxylic acids is 2. The van der Waals surface area contributed by atoms with Gasteiger partial charge in [-0.15, -0.1) is 0 Å². The van der Waals surface area contributed by atoms with Crippen LogP contribution in [0, 0.1) is 17.6 Å². The zero-order chi connectivity index (χ0) is 62.9. The Kier molecular flexibility index (Phi) is 19.6. The third kappa shape index (κ3) is 14.8. The van der Waals surface area contributed by atoms with E-state index in [-0.39, 0.29) is 34.9 Å². The zero-order valence-electron chi connectivity index (χ0n) is 47.8. The second kappa shape index (κ2) is 28.0. The molecule has 12 rings (SSSR count). The minimum Gasteiger partial charge on any atom is -0.480 e. The Balaban J connectivity index is 0.000000154. The van der Waals surface area contributed by atoms with E-state index in [1.165, 1.54) is 49.7 Å². The first-order valence-electron chi connectivity index (χ1n) is 28.7. The number of fused-ring (bicyclic) bond motifs is 4. The van der Waals surface area contributed by atoms with Gasteiger partial charge in [0.1, 0.15) is 41.9 Å². The third-order valence-electron chi connectivity index (χ3n) is 15.8. The average Bonchev–Trinajstić information content (AvgIpc) is 2.42. The molecule has 2 N–H and O–H groups in total. The molecule has 0 atom stereocenters. The molecule has 19 nitrogen and oxygen atoms in total. The van der Waals surface area contributed by atoms with Crippen molar-refractivity contribution in [2.75, 3.05) is 18.1 Å². The summed E-state index contributed by atoms with van der Waals surface area (Å²) in [5.74, 6) is -2.92. The van der Waals surface area contributed by atoms with Crippen molar-refractivity contribution in [3.63, 3.8) is 0 Å². The second-order valence-corrected chi connectivity index (χ2v) is 23.1. The fraction of sp³-hybridized carbons (Fsp3) is 0.242. The van der Waals surface area contributed by atoms with Gasteiger partial charge in [0.25, 0.3) is 17.0 Å². The third-order valence-corrected chi connectivity index (χ3v) is 16.5. The van der Waals surface area contributed by atoms with E-state index in [0.29, 0.717) is 94.2 Å². The molecule has 6 heterocycles. The number of aromatic nitrogens is 7. The number of halogens is 4. The molecule has 1 aliphatic carbocycles. The number of carboxylic acid groups (broad SMARTS) is 2. The Morgan fingerprint density at radius 3 is 1.67 bits per heavy atom. The lowest BCUT2D eigenvalue weighted by molar-refractivity contribution is -0.138. The summed E-state index contributed by atoms with van der Waals surface area (Å²) in [5, 5.41) is 18.9. The highest BCUT2D eigenvalue weighted by molar-refractivity contribution is 9.10. The van der Waals surface area contributed by atoms with E-state index in [0.717, 1.165) is 52.4 Å². The molecule has 1 fully saturated rings. The van der Waals surface area contributed by atoms with Crippen LogP contribution in [0.5, 0.6) is 0 Å². The zero-order valence-corrected chi connectivity index (χ0v) is 50.2. The first-order valence-corrected chi connectivity index (χ1v) is 29.9. The van der Waals surface area contributed by atoms with Crippen molar-refractivity contribution in [1.29, 1.82) is 0 Å². The highest BCUT2D eigenvalue weighted by Gasteiger charge is 2.37. The molecular formula is C66H59BrClF2N9O10. The number of pyridine rings is 2. The van der Waals surface area contributed by atoms with E-state index >= 15 is 0 Å². The van der Waals surface area contributed by atoms with Crippen LogP contribution in [0.2, 0.25) is 5.02 Å². The van der Waals surface area contributed by atoms with Crippen LogP contribution >= 0.6 is 27.5 Å². The van der Waals surface area contributed by atoms with Crippen molar-refractivity contribution in [1.82, 2.24) is 37.5 Å². The molecule has 10 aromatic rings. The average molecular weight is 1290 g/mol. The number of amides is 1. The smallest absolute Gasteiger partial charge is 0.332 e. The molecule has 456 valence electrons. The Morgan fingerprint density at radius 1 is 0.596 bits per heavy atom. The topological polar surface area (TPSA) is 233 Å². The lowest BCUT2D eigenvalue weighted by Crippen LogP contribution is -2.53. The van der Waals surface area contributed by atoms with Crippen LogP contribution in [-0.2, 0) is 55.0 Å². The van der Waals surface area contributed by atoms with Crippen LogP contribution in [0.4, 0.5) is 14.6 Å². The molecule has 1 amide bonds. The molecule has 0 unspecified atom stereocenters. The van der Waals surface area contributed by atoms with Crippen LogP contribution in [0.25, 0.3) is 27.5 Å². The molecule has 0 radical (unpaired) electrons. The maximum Gasteiger partial charge on any atom is 0.332 e. The number of benzene rings is 5. The van der Waals surface area contributed by atoms with Crippen LogP contribution in [0.15, 0.2) is 188 Å². The Hall–Kier alpha value is -9.67. The van der Waals surface area contributed by atoms with Gasteiger partial charge in [0.05, 0.1) is 40.2 Å². The van der Waals surface area contributed by atoms with Gasteiger partial charge >= 0.3 is 23.3 Å². The first kappa shape index (κ1) is 62.4. The number of ketones is 1. The highest BCUT2D eigenvalue weighted by Crippen LogP contribution is 2.35.